The van der Waals surface area contributed by atoms with E-state index < -0.39 is 0 Å². The zero-order chi connectivity index (χ0) is 15.1. The zero-order valence-electron chi connectivity index (χ0n) is 13.1. The van der Waals surface area contributed by atoms with Crippen LogP contribution in [-0.2, 0) is 9.59 Å². The summed E-state index contributed by atoms with van der Waals surface area (Å²) in [4.78, 5) is 30.2. The highest BCUT2D eigenvalue weighted by molar-refractivity contribution is 5.78. The second-order valence-electron chi connectivity index (χ2n) is 5.95. The summed E-state index contributed by atoms with van der Waals surface area (Å²) < 4.78 is 0. The molecule has 0 aromatic heterocycles. The van der Waals surface area contributed by atoms with Crippen LogP contribution >= 0.6 is 0 Å². The summed E-state index contributed by atoms with van der Waals surface area (Å²) in [7, 11) is 1.86. The first-order valence-corrected chi connectivity index (χ1v) is 8.13. The highest BCUT2D eigenvalue weighted by atomic mass is 16.2. The quantitative estimate of drug-likeness (QED) is 0.760. The number of hydrogen-bond acceptors (Lipinski definition) is 4. The van der Waals surface area contributed by atoms with Crippen molar-refractivity contribution in [3.05, 3.63) is 0 Å². The normalized spacial score (nSPS) is 20.6. The number of hydrogen-bond donors (Lipinski definition) is 1. The monoisotopic (exact) mass is 296 g/mol. The molecular weight excluding hydrogens is 268 g/mol. The van der Waals surface area contributed by atoms with Gasteiger partial charge in [0.05, 0.1) is 6.54 Å². The fourth-order valence-electron chi connectivity index (χ4n) is 2.98. The Labute approximate surface area is 127 Å². The largest absolute Gasteiger partial charge is 0.342 e. The minimum absolute atomic E-state index is 0.214. The lowest BCUT2D eigenvalue weighted by atomic mass is 10.1. The van der Waals surface area contributed by atoms with Gasteiger partial charge < -0.3 is 15.1 Å². The molecule has 2 fully saturated rings. The predicted molar refractivity (Wildman–Crippen MR) is 82.0 cm³/mol. The summed E-state index contributed by atoms with van der Waals surface area (Å²) in [6.07, 6.45) is 4.08. The molecule has 2 saturated heterocycles. The molecule has 2 amide bonds. The fourth-order valence-corrected chi connectivity index (χ4v) is 2.98. The number of nitrogens with zero attached hydrogens (tertiary/aromatic N) is 3. The SMILES string of the molecule is CNCCC(=O)N1CCN(CC(=O)N2CCCCC2)CC1. The zero-order valence-corrected chi connectivity index (χ0v) is 13.1. The van der Waals surface area contributed by atoms with E-state index in [4.69, 9.17) is 0 Å². The summed E-state index contributed by atoms with van der Waals surface area (Å²) >= 11 is 0. The van der Waals surface area contributed by atoms with Gasteiger partial charge in [0.1, 0.15) is 0 Å². The molecule has 1 N–H and O–H groups in total. The van der Waals surface area contributed by atoms with Gasteiger partial charge in [-0.1, -0.05) is 0 Å². The third-order valence-electron chi connectivity index (χ3n) is 4.38. The standard InChI is InChI=1S/C15H28N4O2/c1-16-6-5-14(20)19-11-9-17(10-12-19)13-15(21)18-7-3-2-4-8-18/h16H,2-13H2,1H3. The lowest BCUT2D eigenvalue weighted by Gasteiger charge is -2.36. The number of rotatable bonds is 5. The van der Waals surface area contributed by atoms with Gasteiger partial charge in [0.15, 0.2) is 0 Å². The van der Waals surface area contributed by atoms with Gasteiger partial charge in [0.25, 0.3) is 0 Å². The Bertz CT molecular complexity index is 348. The summed E-state index contributed by atoms with van der Waals surface area (Å²) in [5, 5.41) is 3.00. The van der Waals surface area contributed by atoms with E-state index in [-0.39, 0.29) is 11.8 Å². The minimum Gasteiger partial charge on any atom is -0.342 e. The number of nitrogens with one attached hydrogen (secondary N) is 1. The molecule has 6 heteroatoms. The summed E-state index contributed by atoms with van der Waals surface area (Å²) in [6, 6.07) is 0. The van der Waals surface area contributed by atoms with Crippen molar-refractivity contribution in [3.8, 4) is 0 Å². The van der Waals surface area contributed by atoms with Gasteiger partial charge in [-0.3, -0.25) is 14.5 Å². The molecule has 0 aromatic carbocycles. The van der Waals surface area contributed by atoms with Crippen molar-refractivity contribution >= 4 is 11.8 Å². The molecular formula is C15H28N4O2. The van der Waals surface area contributed by atoms with Crippen LogP contribution in [0.1, 0.15) is 25.7 Å². The average molecular weight is 296 g/mol. The molecule has 0 unspecified atom stereocenters. The van der Waals surface area contributed by atoms with Crippen LogP contribution in [0.2, 0.25) is 0 Å². The molecule has 6 nitrogen and oxygen atoms in total. The van der Waals surface area contributed by atoms with E-state index in [0.29, 0.717) is 13.0 Å². The van der Waals surface area contributed by atoms with Crippen molar-refractivity contribution in [2.75, 3.05) is 59.4 Å². The van der Waals surface area contributed by atoms with E-state index in [2.05, 4.69) is 10.2 Å². The first kappa shape index (κ1) is 16.2. The molecule has 2 aliphatic heterocycles. The molecule has 0 radical (unpaired) electrons. The second kappa shape index (κ2) is 8.34. The molecule has 0 aromatic rings. The first-order chi connectivity index (χ1) is 10.2. The number of amides is 2. The van der Waals surface area contributed by atoms with Crippen LogP contribution in [0.4, 0.5) is 0 Å². The molecule has 0 aliphatic carbocycles. The Kier molecular flexibility index (Phi) is 6.45. The maximum atomic E-state index is 12.2. The summed E-state index contributed by atoms with van der Waals surface area (Å²) in [6.45, 7) is 6.19. The van der Waals surface area contributed by atoms with Gasteiger partial charge in [0, 0.05) is 52.2 Å². The number of likely N-dealkylation sites (tertiary alicyclic amines) is 1. The van der Waals surface area contributed by atoms with Crippen molar-refractivity contribution in [2.24, 2.45) is 0 Å². The van der Waals surface area contributed by atoms with Crippen molar-refractivity contribution < 1.29 is 9.59 Å². The molecule has 2 rings (SSSR count). The van der Waals surface area contributed by atoms with E-state index in [0.717, 1.165) is 58.7 Å². The van der Waals surface area contributed by atoms with Crippen LogP contribution in [0, 0.1) is 0 Å². The molecule has 0 saturated carbocycles. The fraction of sp³-hybridized carbons (Fsp3) is 0.867. The molecule has 0 bridgehead atoms. The summed E-state index contributed by atoms with van der Waals surface area (Å²) in [5.74, 6) is 0.469. The van der Waals surface area contributed by atoms with Crippen molar-refractivity contribution in [3.63, 3.8) is 0 Å². The highest BCUT2D eigenvalue weighted by Gasteiger charge is 2.24. The van der Waals surface area contributed by atoms with Crippen molar-refractivity contribution in [1.82, 2.24) is 20.0 Å². The number of carbonyl (C=O) groups is 2. The third kappa shape index (κ3) is 4.97. The molecule has 0 spiro atoms. The van der Waals surface area contributed by atoms with Gasteiger partial charge >= 0.3 is 0 Å². The Morgan fingerprint density at radius 1 is 0.857 bits per heavy atom. The maximum Gasteiger partial charge on any atom is 0.236 e. The summed E-state index contributed by atoms with van der Waals surface area (Å²) in [5.41, 5.74) is 0. The topological polar surface area (TPSA) is 55.9 Å². The van der Waals surface area contributed by atoms with E-state index in [1.54, 1.807) is 0 Å². The lowest BCUT2D eigenvalue weighted by Crippen LogP contribution is -2.52. The Morgan fingerprint density at radius 2 is 1.48 bits per heavy atom. The van der Waals surface area contributed by atoms with E-state index in [9.17, 15) is 9.59 Å². The molecule has 2 heterocycles. The van der Waals surface area contributed by atoms with Crippen LogP contribution in [0.25, 0.3) is 0 Å². The number of carbonyl (C=O) groups excluding carboxylic acids is 2. The van der Waals surface area contributed by atoms with Crippen molar-refractivity contribution in [2.45, 2.75) is 25.7 Å². The smallest absolute Gasteiger partial charge is 0.236 e. The van der Waals surface area contributed by atoms with Crippen LogP contribution in [0.15, 0.2) is 0 Å². The van der Waals surface area contributed by atoms with Gasteiger partial charge in [-0.05, 0) is 26.3 Å². The van der Waals surface area contributed by atoms with Gasteiger partial charge in [-0.15, -0.1) is 0 Å². The highest BCUT2D eigenvalue weighted by Crippen LogP contribution is 2.10. The van der Waals surface area contributed by atoms with Gasteiger partial charge in [-0.2, -0.15) is 0 Å². The molecule has 0 atom stereocenters. The van der Waals surface area contributed by atoms with Crippen LogP contribution in [-0.4, -0.2) is 85.9 Å². The predicted octanol–water partition coefficient (Wildman–Crippen LogP) is -0.247. The number of piperidine rings is 1. The first-order valence-electron chi connectivity index (χ1n) is 8.13. The van der Waals surface area contributed by atoms with Crippen LogP contribution in [0.5, 0.6) is 0 Å². The second-order valence-corrected chi connectivity index (χ2v) is 5.95. The lowest BCUT2D eigenvalue weighted by molar-refractivity contribution is -0.135. The Balaban J connectivity index is 1.68. The van der Waals surface area contributed by atoms with E-state index >= 15 is 0 Å². The Hall–Kier alpha value is -1.14. The Morgan fingerprint density at radius 3 is 2.10 bits per heavy atom. The molecule has 21 heavy (non-hydrogen) atoms. The van der Waals surface area contributed by atoms with E-state index in [1.165, 1.54) is 6.42 Å². The van der Waals surface area contributed by atoms with E-state index in [1.807, 2.05) is 16.8 Å². The van der Waals surface area contributed by atoms with Crippen molar-refractivity contribution in [1.29, 1.82) is 0 Å². The third-order valence-corrected chi connectivity index (χ3v) is 4.38. The molecule has 2 aliphatic rings. The maximum absolute atomic E-state index is 12.2. The number of piperazine rings is 1. The van der Waals surface area contributed by atoms with Crippen LogP contribution in [0.3, 0.4) is 0 Å². The van der Waals surface area contributed by atoms with Gasteiger partial charge in [0.2, 0.25) is 11.8 Å². The molecule has 120 valence electrons. The minimum atomic E-state index is 0.214. The van der Waals surface area contributed by atoms with Crippen LogP contribution < -0.4 is 5.32 Å². The van der Waals surface area contributed by atoms with Gasteiger partial charge in [-0.25, -0.2) is 0 Å². The average Bonchev–Trinajstić information content (AvgIpc) is 2.54.